The summed E-state index contributed by atoms with van der Waals surface area (Å²) in [5.41, 5.74) is 1.88. The van der Waals surface area contributed by atoms with Gasteiger partial charge in [0.2, 0.25) is 0 Å². The molecule has 0 aliphatic heterocycles. The van der Waals surface area contributed by atoms with Gasteiger partial charge in [-0.3, -0.25) is 9.11 Å². The van der Waals surface area contributed by atoms with Crippen LogP contribution in [-0.2, 0) is 20.2 Å². The minimum absolute atomic E-state index is 0.420. The third-order valence-corrected chi connectivity index (χ3v) is 5.51. The third kappa shape index (κ3) is 4.31. The highest BCUT2D eigenvalue weighted by Gasteiger charge is 2.16. The molecule has 4 N–H and O–H groups in total. The molecular formula is C14H12N4O6S4. The molecule has 148 valence electrons. The van der Waals surface area contributed by atoms with Crippen LogP contribution in [0.1, 0.15) is 0 Å². The fourth-order valence-electron chi connectivity index (χ4n) is 2.23. The topological polar surface area (TPSA) is 166 Å². The Labute approximate surface area is 169 Å². The van der Waals surface area contributed by atoms with Crippen LogP contribution in [0.25, 0.3) is 22.1 Å². The number of aromatic amines is 2. The van der Waals surface area contributed by atoms with Crippen molar-refractivity contribution in [2.24, 2.45) is 0 Å². The Kier molecular flexibility index (Phi) is 5.44. The van der Waals surface area contributed by atoms with Crippen LogP contribution in [-0.4, -0.2) is 45.9 Å². The molecule has 2 heterocycles. The predicted octanol–water partition coefficient (Wildman–Crippen LogP) is 2.20. The van der Waals surface area contributed by atoms with Crippen molar-refractivity contribution in [1.29, 1.82) is 0 Å². The van der Waals surface area contributed by atoms with Crippen molar-refractivity contribution < 1.29 is 25.9 Å². The Balaban J connectivity index is 0.000000161. The third-order valence-electron chi connectivity index (χ3n) is 3.43. The number of rotatable bonds is 2. The first-order valence-electron chi connectivity index (χ1n) is 7.27. The number of nitrogens with one attached hydrogen (secondary N) is 2. The minimum Gasteiger partial charge on any atom is -0.327 e. The van der Waals surface area contributed by atoms with Gasteiger partial charge >= 0.3 is 20.2 Å². The molecule has 0 saturated carbocycles. The maximum absolute atomic E-state index is 10.8. The summed E-state index contributed by atoms with van der Waals surface area (Å²) in [4.78, 5) is 13.5. The highest BCUT2D eigenvalue weighted by molar-refractivity contribution is 7.85. The molecule has 0 saturated heterocycles. The molecule has 0 aliphatic rings. The van der Waals surface area contributed by atoms with Gasteiger partial charge in [-0.05, 0) is 24.3 Å². The van der Waals surface area contributed by atoms with Crippen LogP contribution in [0, 0.1) is 0 Å². The molecule has 0 aliphatic carbocycles. The number of para-hydroxylation sites is 2. The summed E-state index contributed by atoms with van der Waals surface area (Å²) in [6.07, 6.45) is 0. The standard InChI is InChI=1S/2C7H6N2O3S2/c2*10-14(11,12)7-8-4-2-1-3-5(13)6(4)9-7/h2*1-3,13H,(H,8,9)(H,10,11,12). The van der Waals surface area contributed by atoms with Gasteiger partial charge in [-0.25, -0.2) is 9.97 Å². The molecule has 4 rings (SSSR count). The molecule has 0 fully saturated rings. The maximum atomic E-state index is 10.8. The molecule has 14 heteroatoms. The first-order chi connectivity index (χ1) is 13.0. The highest BCUT2D eigenvalue weighted by Crippen LogP contribution is 2.21. The van der Waals surface area contributed by atoms with E-state index in [0.29, 0.717) is 31.9 Å². The van der Waals surface area contributed by atoms with E-state index in [-0.39, 0.29) is 0 Å². The van der Waals surface area contributed by atoms with Crippen molar-refractivity contribution in [2.45, 2.75) is 20.1 Å². The van der Waals surface area contributed by atoms with Crippen LogP contribution < -0.4 is 0 Å². The minimum atomic E-state index is -4.28. The quantitative estimate of drug-likeness (QED) is 0.196. The van der Waals surface area contributed by atoms with Crippen molar-refractivity contribution in [3.63, 3.8) is 0 Å². The molecule has 0 spiro atoms. The van der Waals surface area contributed by atoms with E-state index in [1.165, 1.54) is 0 Å². The van der Waals surface area contributed by atoms with Gasteiger partial charge in [-0.2, -0.15) is 16.8 Å². The molecule has 0 unspecified atom stereocenters. The van der Waals surface area contributed by atoms with Crippen molar-refractivity contribution in [1.82, 2.24) is 19.9 Å². The van der Waals surface area contributed by atoms with Crippen molar-refractivity contribution in [3.05, 3.63) is 36.4 Å². The molecule has 0 bridgehead atoms. The second kappa shape index (κ2) is 7.38. The lowest BCUT2D eigenvalue weighted by atomic mass is 10.3. The zero-order chi connectivity index (χ0) is 20.7. The van der Waals surface area contributed by atoms with E-state index in [4.69, 9.17) is 9.11 Å². The second-order valence-electron chi connectivity index (χ2n) is 5.38. The fraction of sp³-hybridized carbons (Fsp3) is 0. The predicted molar refractivity (Wildman–Crippen MR) is 106 cm³/mol. The van der Waals surface area contributed by atoms with E-state index in [1.54, 1.807) is 36.4 Å². The zero-order valence-corrected chi connectivity index (χ0v) is 17.0. The van der Waals surface area contributed by atoms with Crippen molar-refractivity contribution in [3.8, 4) is 0 Å². The summed E-state index contributed by atoms with van der Waals surface area (Å²) in [7, 11) is -8.56. The maximum Gasteiger partial charge on any atom is 0.328 e. The molecule has 0 amide bonds. The van der Waals surface area contributed by atoms with Gasteiger partial charge in [-0.1, -0.05) is 12.1 Å². The summed E-state index contributed by atoms with van der Waals surface area (Å²) < 4.78 is 60.5. The zero-order valence-electron chi connectivity index (χ0n) is 13.6. The molecule has 0 radical (unpaired) electrons. The van der Waals surface area contributed by atoms with E-state index in [0.717, 1.165) is 0 Å². The van der Waals surface area contributed by atoms with Crippen LogP contribution in [0.3, 0.4) is 0 Å². The SMILES string of the molecule is O=S(=O)(O)c1nc2c(S)cccc2[nH]1.O=S(=O)(O)c1nc2c(S)cccc2[nH]1. The Bertz CT molecular complexity index is 1280. The van der Waals surface area contributed by atoms with E-state index in [9.17, 15) is 16.8 Å². The molecular weight excluding hydrogens is 448 g/mol. The number of fused-ring (bicyclic) bond motifs is 2. The highest BCUT2D eigenvalue weighted by atomic mass is 32.2. The van der Waals surface area contributed by atoms with Crippen LogP contribution in [0.5, 0.6) is 0 Å². The van der Waals surface area contributed by atoms with Gasteiger partial charge in [-0.15, -0.1) is 25.3 Å². The number of thiol groups is 2. The number of hydrogen-bond donors (Lipinski definition) is 6. The Morgan fingerprint density at radius 1 is 0.714 bits per heavy atom. The van der Waals surface area contributed by atoms with Gasteiger partial charge in [0.1, 0.15) is 11.0 Å². The van der Waals surface area contributed by atoms with E-state index < -0.39 is 30.5 Å². The van der Waals surface area contributed by atoms with Crippen LogP contribution in [0.15, 0.2) is 56.5 Å². The largest absolute Gasteiger partial charge is 0.328 e. The Hall–Kier alpha value is -2.10. The van der Waals surface area contributed by atoms with E-state index in [1.807, 2.05) is 0 Å². The van der Waals surface area contributed by atoms with E-state index >= 15 is 0 Å². The lowest BCUT2D eigenvalue weighted by Crippen LogP contribution is -1.99. The number of hydrogen-bond acceptors (Lipinski definition) is 8. The molecule has 10 nitrogen and oxygen atoms in total. The summed E-state index contributed by atoms with van der Waals surface area (Å²) in [5, 5.41) is -0.928. The molecule has 28 heavy (non-hydrogen) atoms. The average molecular weight is 461 g/mol. The van der Waals surface area contributed by atoms with Gasteiger partial charge in [0, 0.05) is 9.79 Å². The lowest BCUT2D eigenvalue weighted by Gasteiger charge is -1.89. The Morgan fingerprint density at radius 3 is 1.36 bits per heavy atom. The van der Waals surface area contributed by atoms with E-state index in [2.05, 4.69) is 45.2 Å². The number of nitrogens with zero attached hydrogens (tertiary/aromatic N) is 2. The second-order valence-corrected chi connectivity index (χ2v) is 9.02. The summed E-state index contributed by atoms with van der Waals surface area (Å²) in [6.45, 7) is 0. The van der Waals surface area contributed by atoms with Crippen LogP contribution in [0.4, 0.5) is 0 Å². The molecule has 2 aromatic heterocycles. The first-order valence-corrected chi connectivity index (χ1v) is 11.0. The monoisotopic (exact) mass is 460 g/mol. The van der Waals surface area contributed by atoms with Gasteiger partial charge in [0.05, 0.1) is 11.0 Å². The number of benzene rings is 2. The number of aromatic nitrogens is 4. The van der Waals surface area contributed by atoms with Crippen LogP contribution >= 0.6 is 25.3 Å². The van der Waals surface area contributed by atoms with Crippen LogP contribution in [0.2, 0.25) is 0 Å². The number of imidazole rings is 2. The summed E-state index contributed by atoms with van der Waals surface area (Å²) >= 11 is 8.20. The van der Waals surface area contributed by atoms with Crippen molar-refractivity contribution >= 4 is 67.6 Å². The molecule has 2 aromatic carbocycles. The lowest BCUT2D eigenvalue weighted by molar-refractivity contribution is 0.474. The van der Waals surface area contributed by atoms with Crippen molar-refractivity contribution in [2.75, 3.05) is 0 Å². The molecule has 4 aromatic rings. The first kappa shape index (κ1) is 20.6. The number of H-pyrrole nitrogens is 2. The van der Waals surface area contributed by atoms with Gasteiger partial charge < -0.3 is 9.97 Å². The normalized spacial score (nSPS) is 12.1. The van der Waals surface area contributed by atoms with Gasteiger partial charge in [0.15, 0.2) is 0 Å². The molecule has 0 atom stereocenters. The summed E-state index contributed by atoms with van der Waals surface area (Å²) in [5.74, 6) is 0. The van der Waals surface area contributed by atoms with Gasteiger partial charge in [0.25, 0.3) is 10.3 Å². The summed E-state index contributed by atoms with van der Waals surface area (Å²) in [6, 6.07) is 10.1. The smallest absolute Gasteiger partial charge is 0.327 e. The average Bonchev–Trinajstić information content (AvgIpc) is 3.20. The Morgan fingerprint density at radius 2 is 1.07 bits per heavy atom. The fourth-order valence-corrected chi connectivity index (χ4v) is 3.64.